The molecule has 1 aromatic rings. The third-order valence-electron chi connectivity index (χ3n) is 3.01. The lowest BCUT2D eigenvalue weighted by Crippen LogP contribution is -2.18. The van der Waals surface area contributed by atoms with Gasteiger partial charge >= 0.3 is 5.97 Å². The number of hydrogen-bond acceptors (Lipinski definition) is 2. The van der Waals surface area contributed by atoms with E-state index in [-0.39, 0.29) is 0 Å². The van der Waals surface area contributed by atoms with Crippen molar-refractivity contribution >= 4 is 5.97 Å². The van der Waals surface area contributed by atoms with Crippen LogP contribution in [-0.4, -0.2) is 22.3 Å². The molecule has 3 nitrogen and oxygen atoms in total. The zero-order valence-corrected chi connectivity index (χ0v) is 10.4. The van der Waals surface area contributed by atoms with Gasteiger partial charge in [-0.05, 0) is 44.2 Å². The van der Waals surface area contributed by atoms with E-state index in [1.807, 2.05) is 31.2 Å². The summed E-state index contributed by atoms with van der Waals surface area (Å²) in [6.07, 6.45) is 1.15. The van der Waals surface area contributed by atoms with Gasteiger partial charge in [0.05, 0.1) is 12.0 Å². The molecule has 0 aliphatic rings. The number of carboxylic acids is 1. The van der Waals surface area contributed by atoms with Gasteiger partial charge in [-0.2, -0.15) is 0 Å². The number of hydrogen-bond donors (Lipinski definition) is 2. The van der Waals surface area contributed by atoms with Crippen LogP contribution in [0.1, 0.15) is 30.9 Å². The van der Waals surface area contributed by atoms with Crippen LogP contribution in [0.4, 0.5) is 0 Å². The van der Waals surface area contributed by atoms with Gasteiger partial charge in [-0.3, -0.25) is 4.79 Å². The maximum atomic E-state index is 11.1. The normalized spacial score (nSPS) is 14.3. The average Bonchev–Trinajstić information content (AvgIpc) is 2.25. The molecule has 0 fully saturated rings. The SMILES string of the molecule is Cc1ccccc1CC(CCC(C)O)C(=O)O. The topological polar surface area (TPSA) is 57.5 Å². The zero-order valence-electron chi connectivity index (χ0n) is 10.4. The first kappa shape index (κ1) is 13.7. The summed E-state index contributed by atoms with van der Waals surface area (Å²) in [4.78, 5) is 11.1. The van der Waals surface area contributed by atoms with Gasteiger partial charge in [-0.15, -0.1) is 0 Å². The Morgan fingerprint density at radius 3 is 2.47 bits per heavy atom. The molecule has 0 bridgehead atoms. The van der Waals surface area contributed by atoms with Crippen LogP contribution in [0, 0.1) is 12.8 Å². The number of aliphatic carboxylic acids is 1. The van der Waals surface area contributed by atoms with Crippen molar-refractivity contribution in [3.8, 4) is 0 Å². The molecule has 0 aromatic heterocycles. The minimum absolute atomic E-state index is 0.411. The number of aliphatic hydroxyl groups excluding tert-OH is 1. The molecular weight excluding hydrogens is 216 g/mol. The Labute approximate surface area is 102 Å². The van der Waals surface area contributed by atoms with Crippen LogP contribution in [0.15, 0.2) is 24.3 Å². The van der Waals surface area contributed by atoms with Gasteiger partial charge in [0, 0.05) is 0 Å². The molecule has 1 aromatic carbocycles. The predicted molar refractivity (Wildman–Crippen MR) is 66.9 cm³/mol. The second-order valence-electron chi connectivity index (χ2n) is 4.59. The molecule has 0 saturated heterocycles. The molecule has 0 radical (unpaired) electrons. The fraction of sp³-hybridized carbons (Fsp3) is 0.500. The summed E-state index contributed by atoms with van der Waals surface area (Å²) >= 11 is 0. The van der Waals surface area contributed by atoms with Gasteiger partial charge in [0.15, 0.2) is 0 Å². The van der Waals surface area contributed by atoms with E-state index in [9.17, 15) is 9.90 Å². The minimum Gasteiger partial charge on any atom is -0.481 e. The van der Waals surface area contributed by atoms with Crippen molar-refractivity contribution in [1.29, 1.82) is 0 Å². The van der Waals surface area contributed by atoms with Gasteiger partial charge in [0.1, 0.15) is 0 Å². The first-order valence-corrected chi connectivity index (χ1v) is 5.96. The van der Waals surface area contributed by atoms with Crippen molar-refractivity contribution in [2.75, 3.05) is 0 Å². The Hall–Kier alpha value is -1.35. The fourth-order valence-electron chi connectivity index (χ4n) is 1.86. The van der Waals surface area contributed by atoms with E-state index in [1.165, 1.54) is 0 Å². The Kier molecular flexibility index (Phi) is 5.16. The molecule has 0 saturated carbocycles. The number of aliphatic hydroxyl groups is 1. The minimum atomic E-state index is -0.783. The summed E-state index contributed by atoms with van der Waals surface area (Å²) < 4.78 is 0. The van der Waals surface area contributed by atoms with Gasteiger partial charge in [-0.25, -0.2) is 0 Å². The molecule has 0 heterocycles. The zero-order chi connectivity index (χ0) is 12.8. The number of aryl methyl sites for hydroxylation is 1. The molecule has 0 aliphatic heterocycles. The van der Waals surface area contributed by atoms with Gasteiger partial charge < -0.3 is 10.2 Å². The highest BCUT2D eigenvalue weighted by atomic mass is 16.4. The molecule has 3 heteroatoms. The first-order valence-electron chi connectivity index (χ1n) is 5.96. The van der Waals surface area contributed by atoms with Crippen molar-refractivity contribution in [3.05, 3.63) is 35.4 Å². The quantitative estimate of drug-likeness (QED) is 0.797. The number of carboxylic acid groups (broad SMARTS) is 1. The third-order valence-corrected chi connectivity index (χ3v) is 3.01. The highest BCUT2D eigenvalue weighted by molar-refractivity contribution is 5.70. The van der Waals surface area contributed by atoms with Crippen LogP contribution in [0.25, 0.3) is 0 Å². The Morgan fingerprint density at radius 1 is 1.29 bits per heavy atom. The molecule has 2 atom stereocenters. The van der Waals surface area contributed by atoms with Crippen LogP contribution in [-0.2, 0) is 11.2 Å². The van der Waals surface area contributed by atoms with Crippen molar-refractivity contribution in [2.45, 2.75) is 39.2 Å². The molecule has 2 unspecified atom stereocenters. The Balaban J connectivity index is 2.67. The van der Waals surface area contributed by atoms with Crippen LogP contribution in [0.5, 0.6) is 0 Å². The highest BCUT2D eigenvalue weighted by Gasteiger charge is 2.19. The molecule has 1 rings (SSSR count). The van der Waals surface area contributed by atoms with E-state index in [0.717, 1.165) is 11.1 Å². The first-order chi connectivity index (χ1) is 8.00. The third kappa shape index (κ3) is 4.57. The lowest BCUT2D eigenvalue weighted by atomic mass is 9.92. The smallest absolute Gasteiger partial charge is 0.306 e. The molecule has 17 heavy (non-hydrogen) atoms. The van der Waals surface area contributed by atoms with E-state index in [2.05, 4.69) is 0 Å². The molecule has 0 amide bonds. The van der Waals surface area contributed by atoms with Crippen molar-refractivity contribution < 1.29 is 15.0 Å². The largest absolute Gasteiger partial charge is 0.481 e. The van der Waals surface area contributed by atoms with E-state index in [1.54, 1.807) is 6.92 Å². The number of rotatable bonds is 6. The molecule has 0 aliphatic carbocycles. The fourth-order valence-corrected chi connectivity index (χ4v) is 1.86. The predicted octanol–water partition coefficient (Wildman–Crippen LogP) is 2.40. The van der Waals surface area contributed by atoms with Crippen LogP contribution >= 0.6 is 0 Å². The summed E-state index contributed by atoms with van der Waals surface area (Å²) in [6, 6.07) is 7.83. The lowest BCUT2D eigenvalue weighted by Gasteiger charge is -2.14. The number of carbonyl (C=O) groups is 1. The summed E-state index contributed by atoms with van der Waals surface area (Å²) in [5, 5.41) is 18.4. The standard InChI is InChI=1S/C14H20O3/c1-10-5-3-4-6-12(10)9-13(14(16)17)8-7-11(2)15/h3-6,11,13,15H,7-9H2,1-2H3,(H,16,17). The molecule has 0 spiro atoms. The highest BCUT2D eigenvalue weighted by Crippen LogP contribution is 2.18. The van der Waals surface area contributed by atoms with Gasteiger partial charge in [-0.1, -0.05) is 24.3 Å². The Bertz CT molecular complexity index is 371. The molecule has 94 valence electrons. The van der Waals surface area contributed by atoms with E-state index >= 15 is 0 Å². The Morgan fingerprint density at radius 2 is 1.94 bits per heavy atom. The summed E-state index contributed by atoms with van der Waals surface area (Å²) in [6.45, 7) is 3.68. The van der Waals surface area contributed by atoms with Gasteiger partial charge in [0.2, 0.25) is 0 Å². The van der Waals surface area contributed by atoms with E-state index in [4.69, 9.17) is 5.11 Å². The van der Waals surface area contributed by atoms with Gasteiger partial charge in [0.25, 0.3) is 0 Å². The van der Waals surface area contributed by atoms with E-state index in [0.29, 0.717) is 19.3 Å². The number of benzene rings is 1. The summed E-state index contributed by atoms with van der Waals surface area (Å²) in [7, 11) is 0. The van der Waals surface area contributed by atoms with E-state index < -0.39 is 18.0 Å². The van der Waals surface area contributed by atoms with Crippen LogP contribution in [0.3, 0.4) is 0 Å². The average molecular weight is 236 g/mol. The van der Waals surface area contributed by atoms with Crippen LogP contribution < -0.4 is 0 Å². The van der Waals surface area contributed by atoms with Crippen molar-refractivity contribution in [2.24, 2.45) is 5.92 Å². The monoisotopic (exact) mass is 236 g/mol. The molecular formula is C14H20O3. The van der Waals surface area contributed by atoms with Crippen molar-refractivity contribution in [3.63, 3.8) is 0 Å². The summed E-state index contributed by atoms with van der Waals surface area (Å²) in [5.41, 5.74) is 2.20. The second kappa shape index (κ2) is 6.40. The summed E-state index contributed by atoms with van der Waals surface area (Å²) in [5.74, 6) is -1.19. The maximum Gasteiger partial charge on any atom is 0.306 e. The van der Waals surface area contributed by atoms with Crippen molar-refractivity contribution in [1.82, 2.24) is 0 Å². The second-order valence-corrected chi connectivity index (χ2v) is 4.59. The van der Waals surface area contributed by atoms with Crippen LogP contribution in [0.2, 0.25) is 0 Å². The lowest BCUT2D eigenvalue weighted by molar-refractivity contribution is -0.142. The molecule has 2 N–H and O–H groups in total. The maximum absolute atomic E-state index is 11.1.